The van der Waals surface area contributed by atoms with E-state index in [4.69, 9.17) is 11.6 Å². The molecular weight excluding hydrogens is 463 g/mol. The Morgan fingerprint density at radius 1 is 1.30 bits per heavy atom. The van der Waals surface area contributed by atoms with Gasteiger partial charge < -0.3 is 10.6 Å². The zero-order valence-corrected chi connectivity index (χ0v) is 17.6. The molecule has 0 aliphatic rings. The van der Waals surface area contributed by atoms with E-state index in [0.29, 0.717) is 22.6 Å². The molecule has 7 nitrogen and oxygen atoms in total. The summed E-state index contributed by atoms with van der Waals surface area (Å²) in [5, 5.41) is 7.06. The predicted octanol–water partition coefficient (Wildman–Crippen LogP) is 3.28. The maximum absolute atomic E-state index is 12.6. The van der Waals surface area contributed by atoms with Crippen LogP contribution in [0.25, 0.3) is 4.96 Å². The number of halogens is 4. The SMILES string of the molecule is O=C(CSCc1cc(=O)n2ccsc2n1)NCCNc1ncc(C(F)(F)F)cc1Cl. The van der Waals surface area contributed by atoms with Crippen molar-refractivity contribution >= 4 is 51.4 Å². The third-order valence-corrected chi connectivity index (χ3v) is 5.76. The molecule has 3 heterocycles. The second-order valence-corrected chi connectivity index (χ2v) is 8.23. The van der Waals surface area contributed by atoms with Gasteiger partial charge >= 0.3 is 6.18 Å². The lowest BCUT2D eigenvalue weighted by molar-refractivity contribution is -0.137. The van der Waals surface area contributed by atoms with Gasteiger partial charge in [0.05, 0.1) is 22.0 Å². The number of amides is 1. The summed E-state index contributed by atoms with van der Waals surface area (Å²) in [7, 11) is 0. The molecule has 160 valence electrons. The van der Waals surface area contributed by atoms with E-state index < -0.39 is 11.7 Å². The normalized spacial score (nSPS) is 11.6. The minimum absolute atomic E-state index is 0.106. The summed E-state index contributed by atoms with van der Waals surface area (Å²) in [5.74, 6) is 0.474. The third-order valence-electron chi connectivity index (χ3n) is 3.75. The van der Waals surface area contributed by atoms with Crippen molar-refractivity contribution in [2.75, 3.05) is 24.2 Å². The third kappa shape index (κ3) is 5.86. The number of anilines is 1. The number of aromatic nitrogens is 3. The summed E-state index contributed by atoms with van der Waals surface area (Å²) in [6.45, 7) is 0.473. The molecule has 3 aromatic rings. The molecule has 0 aromatic carbocycles. The van der Waals surface area contributed by atoms with Gasteiger partial charge in [0, 0.05) is 42.7 Å². The van der Waals surface area contributed by atoms with Crippen molar-refractivity contribution in [2.24, 2.45) is 0 Å². The van der Waals surface area contributed by atoms with Crippen molar-refractivity contribution in [3.63, 3.8) is 0 Å². The molecule has 30 heavy (non-hydrogen) atoms. The monoisotopic (exact) mass is 477 g/mol. The molecule has 0 bridgehead atoms. The van der Waals surface area contributed by atoms with Crippen LogP contribution in [0.15, 0.2) is 34.7 Å². The van der Waals surface area contributed by atoms with E-state index in [1.807, 2.05) is 0 Å². The Morgan fingerprint density at radius 3 is 2.83 bits per heavy atom. The Kier molecular flexibility index (Phi) is 7.21. The molecule has 0 aliphatic carbocycles. The summed E-state index contributed by atoms with van der Waals surface area (Å²) in [6, 6.07) is 2.23. The maximum Gasteiger partial charge on any atom is 0.417 e. The van der Waals surface area contributed by atoms with E-state index in [1.165, 1.54) is 33.6 Å². The number of rotatable bonds is 8. The second-order valence-electron chi connectivity index (χ2n) is 5.96. The van der Waals surface area contributed by atoms with Gasteiger partial charge in [-0.1, -0.05) is 11.6 Å². The number of carbonyl (C=O) groups excluding carboxylic acids is 1. The number of thioether (sulfide) groups is 1. The number of nitrogens with one attached hydrogen (secondary N) is 2. The van der Waals surface area contributed by atoms with Gasteiger partial charge in [0.2, 0.25) is 5.91 Å². The Labute approximate surface area is 181 Å². The Balaban J connectivity index is 1.38. The minimum Gasteiger partial charge on any atom is -0.367 e. The van der Waals surface area contributed by atoms with Crippen molar-refractivity contribution in [2.45, 2.75) is 11.9 Å². The number of alkyl halides is 3. The summed E-state index contributed by atoms with van der Waals surface area (Å²) >= 11 is 8.47. The van der Waals surface area contributed by atoms with Crippen LogP contribution in [0.3, 0.4) is 0 Å². The van der Waals surface area contributed by atoms with Crippen molar-refractivity contribution in [1.29, 1.82) is 0 Å². The fourth-order valence-corrected chi connectivity index (χ4v) is 4.09. The molecular formula is C17H15ClF3N5O2S2. The summed E-state index contributed by atoms with van der Waals surface area (Å²) in [6.07, 6.45) is -2.17. The molecule has 0 aliphatic heterocycles. The molecule has 3 aromatic heterocycles. The first kappa shape index (κ1) is 22.4. The van der Waals surface area contributed by atoms with Crippen LogP contribution in [0.2, 0.25) is 5.02 Å². The first-order chi connectivity index (χ1) is 14.2. The van der Waals surface area contributed by atoms with Crippen LogP contribution in [-0.2, 0) is 16.7 Å². The molecule has 0 fully saturated rings. The molecule has 13 heteroatoms. The van der Waals surface area contributed by atoms with Crippen molar-refractivity contribution < 1.29 is 18.0 Å². The van der Waals surface area contributed by atoms with Crippen LogP contribution in [0.1, 0.15) is 11.3 Å². The molecule has 0 radical (unpaired) electrons. The number of carbonyl (C=O) groups is 1. The van der Waals surface area contributed by atoms with Gasteiger partial charge in [0.15, 0.2) is 4.96 Å². The standard InChI is InChI=1S/C17H15ClF3N5O2S2/c18-12-5-10(17(19,20)21)7-24-15(12)23-2-1-22-13(27)9-29-8-11-6-14(28)26-3-4-30-16(26)25-11/h3-7H,1-2,8-9H2,(H,22,27)(H,23,24). The van der Waals surface area contributed by atoms with E-state index in [2.05, 4.69) is 20.6 Å². The van der Waals surface area contributed by atoms with E-state index in [9.17, 15) is 22.8 Å². The summed E-state index contributed by atoms with van der Waals surface area (Å²) in [4.78, 5) is 32.4. The number of nitrogens with zero attached hydrogens (tertiary/aromatic N) is 3. The van der Waals surface area contributed by atoms with Crippen LogP contribution < -0.4 is 16.2 Å². The number of pyridine rings is 1. The summed E-state index contributed by atoms with van der Waals surface area (Å²) in [5.41, 5.74) is -0.494. The van der Waals surface area contributed by atoms with E-state index in [0.717, 1.165) is 6.07 Å². The largest absolute Gasteiger partial charge is 0.417 e. The molecule has 0 atom stereocenters. The molecule has 0 spiro atoms. The topological polar surface area (TPSA) is 88.4 Å². The molecule has 1 amide bonds. The zero-order valence-electron chi connectivity index (χ0n) is 15.2. The Morgan fingerprint density at radius 2 is 2.10 bits per heavy atom. The molecule has 0 saturated carbocycles. The number of hydrogen-bond acceptors (Lipinski definition) is 7. The van der Waals surface area contributed by atoms with Crippen molar-refractivity contribution in [3.05, 3.63) is 56.5 Å². The van der Waals surface area contributed by atoms with Gasteiger partial charge in [-0.2, -0.15) is 13.2 Å². The van der Waals surface area contributed by atoms with Gasteiger partial charge in [-0.25, -0.2) is 9.97 Å². The van der Waals surface area contributed by atoms with Crippen LogP contribution >= 0.6 is 34.7 Å². The fourth-order valence-electron chi connectivity index (χ4n) is 2.37. The van der Waals surface area contributed by atoms with Gasteiger partial charge in [-0.3, -0.25) is 14.0 Å². The number of thiazole rings is 1. The quantitative estimate of drug-likeness (QED) is 0.484. The van der Waals surface area contributed by atoms with E-state index in [1.54, 1.807) is 11.6 Å². The average molecular weight is 478 g/mol. The lowest BCUT2D eigenvalue weighted by Gasteiger charge is -2.11. The predicted molar refractivity (Wildman–Crippen MR) is 111 cm³/mol. The molecule has 0 unspecified atom stereocenters. The van der Waals surface area contributed by atoms with E-state index >= 15 is 0 Å². The lowest BCUT2D eigenvalue weighted by Crippen LogP contribution is -2.30. The van der Waals surface area contributed by atoms with Gasteiger partial charge in [0.1, 0.15) is 5.82 Å². The molecule has 3 rings (SSSR count). The fraction of sp³-hybridized carbons (Fsp3) is 0.294. The smallest absolute Gasteiger partial charge is 0.367 e. The Hall–Kier alpha value is -2.31. The number of fused-ring (bicyclic) bond motifs is 1. The maximum atomic E-state index is 12.6. The highest BCUT2D eigenvalue weighted by Gasteiger charge is 2.31. The highest BCUT2D eigenvalue weighted by atomic mass is 35.5. The van der Waals surface area contributed by atoms with Crippen LogP contribution in [0.5, 0.6) is 0 Å². The van der Waals surface area contributed by atoms with Crippen LogP contribution in [0.4, 0.5) is 19.0 Å². The Bertz CT molecular complexity index is 1100. The van der Waals surface area contributed by atoms with Gasteiger partial charge in [-0.15, -0.1) is 23.1 Å². The molecule has 2 N–H and O–H groups in total. The van der Waals surface area contributed by atoms with Crippen LogP contribution in [-0.4, -0.2) is 39.1 Å². The highest BCUT2D eigenvalue weighted by Crippen LogP contribution is 2.32. The van der Waals surface area contributed by atoms with Crippen molar-refractivity contribution in [1.82, 2.24) is 19.7 Å². The first-order valence-electron chi connectivity index (χ1n) is 8.51. The number of hydrogen-bond donors (Lipinski definition) is 2. The highest BCUT2D eigenvalue weighted by molar-refractivity contribution is 7.99. The lowest BCUT2D eigenvalue weighted by atomic mass is 10.3. The van der Waals surface area contributed by atoms with Crippen molar-refractivity contribution in [3.8, 4) is 0 Å². The summed E-state index contributed by atoms with van der Waals surface area (Å²) < 4.78 is 39.2. The first-order valence-corrected chi connectivity index (χ1v) is 10.9. The minimum atomic E-state index is -4.51. The zero-order chi connectivity index (χ0) is 21.7. The van der Waals surface area contributed by atoms with Crippen LogP contribution in [0, 0.1) is 0 Å². The van der Waals surface area contributed by atoms with Gasteiger partial charge in [0.25, 0.3) is 5.56 Å². The van der Waals surface area contributed by atoms with Gasteiger partial charge in [-0.05, 0) is 6.07 Å². The average Bonchev–Trinajstić information content (AvgIpc) is 3.14. The van der Waals surface area contributed by atoms with E-state index in [-0.39, 0.29) is 41.1 Å². The molecule has 0 saturated heterocycles. The second kappa shape index (κ2) is 9.67.